The van der Waals surface area contributed by atoms with Crippen LogP contribution in [0.15, 0.2) is 24.3 Å². The van der Waals surface area contributed by atoms with Crippen LogP contribution in [0.25, 0.3) is 0 Å². The molecule has 138 valence electrons. The number of carbonyl (C=O) groups is 3. The van der Waals surface area contributed by atoms with Gasteiger partial charge in [-0.3, -0.25) is 14.5 Å². The number of benzene rings is 1. The van der Waals surface area contributed by atoms with Gasteiger partial charge in [0.1, 0.15) is 11.3 Å². The van der Waals surface area contributed by atoms with E-state index in [9.17, 15) is 19.5 Å². The fourth-order valence-corrected chi connectivity index (χ4v) is 5.28. The molecule has 4 atom stereocenters. The number of hydrogen-bond donors (Lipinski definition) is 1. The van der Waals surface area contributed by atoms with Crippen molar-refractivity contribution in [1.82, 2.24) is 9.80 Å². The zero-order valence-electron chi connectivity index (χ0n) is 15.1. The van der Waals surface area contributed by atoms with Gasteiger partial charge in [-0.15, -0.1) is 0 Å². The van der Waals surface area contributed by atoms with Gasteiger partial charge in [0.05, 0.1) is 6.54 Å². The molecule has 1 N–H and O–H groups in total. The maximum Gasteiger partial charge on any atom is 0.327 e. The van der Waals surface area contributed by atoms with Gasteiger partial charge in [0.25, 0.3) is 5.91 Å². The second-order valence-electron chi connectivity index (χ2n) is 8.14. The molecule has 0 spiro atoms. The van der Waals surface area contributed by atoms with Crippen molar-refractivity contribution in [1.29, 1.82) is 0 Å². The van der Waals surface area contributed by atoms with Crippen molar-refractivity contribution in [2.75, 3.05) is 13.6 Å². The number of nitrogens with zero attached hydrogens (tertiary/aromatic N) is 2. The summed E-state index contributed by atoms with van der Waals surface area (Å²) in [5.74, 6) is 0.693. The number of carbonyl (C=O) groups excluding carboxylic acids is 3. The summed E-state index contributed by atoms with van der Waals surface area (Å²) in [5.41, 5.74) is -0.572. The van der Waals surface area contributed by atoms with Gasteiger partial charge in [-0.2, -0.15) is 0 Å². The third-order valence-electron chi connectivity index (χ3n) is 6.82. The minimum absolute atomic E-state index is 0.0149. The summed E-state index contributed by atoms with van der Waals surface area (Å²) >= 11 is 0. The summed E-state index contributed by atoms with van der Waals surface area (Å²) in [6, 6.07) is 5.57. The number of ketones is 1. The van der Waals surface area contributed by atoms with Crippen LogP contribution in [0.4, 0.5) is 4.79 Å². The molecule has 1 heterocycles. The maximum absolute atomic E-state index is 13.2. The lowest BCUT2D eigenvalue weighted by Crippen LogP contribution is -2.53. The fraction of sp³-hybridized carbons (Fsp3) is 0.550. The third kappa shape index (κ3) is 2.35. The Labute approximate surface area is 152 Å². The van der Waals surface area contributed by atoms with Crippen LogP contribution >= 0.6 is 0 Å². The zero-order valence-corrected chi connectivity index (χ0v) is 15.1. The Bertz CT molecular complexity index is 792. The fourth-order valence-electron chi connectivity index (χ4n) is 5.28. The average molecular weight is 356 g/mol. The summed E-state index contributed by atoms with van der Waals surface area (Å²) in [7, 11) is 1.67. The van der Waals surface area contributed by atoms with Crippen LogP contribution in [-0.4, -0.2) is 51.8 Å². The normalized spacial score (nSPS) is 33.4. The number of aromatic hydroxyl groups is 1. The first-order chi connectivity index (χ1) is 12.3. The third-order valence-corrected chi connectivity index (χ3v) is 6.82. The van der Waals surface area contributed by atoms with Crippen molar-refractivity contribution >= 4 is 17.7 Å². The Balaban J connectivity index is 1.57. The minimum atomic E-state index is -0.865. The molecule has 0 radical (unpaired) electrons. The van der Waals surface area contributed by atoms with Gasteiger partial charge in [0.2, 0.25) is 0 Å². The van der Waals surface area contributed by atoms with E-state index in [4.69, 9.17) is 0 Å². The topological polar surface area (TPSA) is 77.9 Å². The smallest absolute Gasteiger partial charge is 0.327 e. The highest BCUT2D eigenvalue weighted by atomic mass is 16.3. The summed E-state index contributed by atoms with van der Waals surface area (Å²) in [6.07, 6.45) is 4.49. The average Bonchev–Trinajstić information content (AvgIpc) is 3.30. The Morgan fingerprint density at radius 1 is 1.27 bits per heavy atom. The molecule has 4 unspecified atom stereocenters. The quantitative estimate of drug-likeness (QED) is 0.665. The lowest BCUT2D eigenvalue weighted by molar-refractivity contribution is -0.135. The van der Waals surface area contributed by atoms with Crippen molar-refractivity contribution in [2.24, 2.45) is 17.8 Å². The molecule has 3 aliphatic rings. The molecule has 3 fully saturated rings. The van der Waals surface area contributed by atoms with Gasteiger partial charge in [-0.1, -0.05) is 18.6 Å². The van der Waals surface area contributed by atoms with Crippen LogP contribution < -0.4 is 0 Å². The Kier molecular flexibility index (Phi) is 3.82. The highest BCUT2D eigenvalue weighted by Crippen LogP contribution is 2.54. The van der Waals surface area contributed by atoms with Crippen molar-refractivity contribution in [3.05, 3.63) is 29.8 Å². The minimum Gasteiger partial charge on any atom is -0.508 e. The molecule has 0 aromatic heterocycles. The van der Waals surface area contributed by atoms with E-state index in [0.717, 1.165) is 24.2 Å². The summed E-state index contributed by atoms with van der Waals surface area (Å²) in [4.78, 5) is 41.1. The molecule has 1 aromatic carbocycles. The molecule has 2 bridgehead atoms. The molecular formula is C20H24N2O4. The van der Waals surface area contributed by atoms with Gasteiger partial charge in [-0.25, -0.2) is 4.79 Å². The lowest BCUT2D eigenvalue weighted by atomic mass is 9.74. The van der Waals surface area contributed by atoms with E-state index in [-0.39, 0.29) is 29.9 Å². The SMILES string of the molecule is CN1C(=O)N(CC(=O)c2cccc(O)c2)C(=O)C1(C)C1CC2CCC1C2. The van der Waals surface area contributed by atoms with Gasteiger partial charge in [-0.05, 0) is 56.1 Å². The molecule has 1 aromatic rings. The predicted octanol–water partition coefficient (Wildman–Crippen LogP) is 2.66. The highest BCUT2D eigenvalue weighted by Gasteiger charge is 2.61. The second-order valence-corrected chi connectivity index (χ2v) is 8.14. The summed E-state index contributed by atoms with van der Waals surface area (Å²) in [5, 5.41) is 9.55. The molecule has 6 nitrogen and oxygen atoms in total. The maximum atomic E-state index is 13.2. The first-order valence-electron chi connectivity index (χ1n) is 9.24. The largest absolute Gasteiger partial charge is 0.508 e. The predicted molar refractivity (Wildman–Crippen MR) is 94.7 cm³/mol. The monoisotopic (exact) mass is 356 g/mol. The molecule has 2 saturated carbocycles. The molecule has 3 amide bonds. The van der Waals surface area contributed by atoms with Crippen LogP contribution in [0.1, 0.15) is 43.0 Å². The number of fused-ring (bicyclic) bond motifs is 2. The first kappa shape index (κ1) is 17.1. The van der Waals surface area contributed by atoms with E-state index in [1.807, 2.05) is 6.92 Å². The number of rotatable bonds is 4. The number of urea groups is 1. The van der Waals surface area contributed by atoms with Crippen molar-refractivity contribution in [3.63, 3.8) is 0 Å². The highest BCUT2D eigenvalue weighted by molar-refractivity contribution is 6.11. The van der Waals surface area contributed by atoms with Gasteiger partial charge in [0.15, 0.2) is 5.78 Å². The molecule has 2 aliphatic carbocycles. The molecule has 26 heavy (non-hydrogen) atoms. The van der Waals surface area contributed by atoms with E-state index in [1.54, 1.807) is 19.2 Å². The van der Waals surface area contributed by atoms with E-state index in [2.05, 4.69) is 0 Å². The zero-order chi connectivity index (χ0) is 18.6. The van der Waals surface area contributed by atoms with Crippen LogP contribution in [0, 0.1) is 17.8 Å². The second kappa shape index (κ2) is 5.83. The Morgan fingerprint density at radius 3 is 2.65 bits per heavy atom. The van der Waals surface area contributed by atoms with E-state index < -0.39 is 11.6 Å². The number of amides is 3. The van der Waals surface area contributed by atoms with Gasteiger partial charge >= 0.3 is 6.03 Å². The number of phenolic OH excluding ortho intramolecular Hbond substituents is 1. The molecule has 6 heteroatoms. The van der Waals surface area contributed by atoms with Gasteiger partial charge in [0, 0.05) is 12.6 Å². The van der Waals surface area contributed by atoms with Crippen molar-refractivity contribution < 1.29 is 19.5 Å². The number of imide groups is 1. The number of likely N-dealkylation sites (N-methyl/N-ethyl adjacent to an activating group) is 1. The summed E-state index contributed by atoms with van der Waals surface area (Å²) in [6.45, 7) is 1.57. The van der Waals surface area contributed by atoms with Crippen molar-refractivity contribution in [3.8, 4) is 5.75 Å². The number of hydrogen-bond acceptors (Lipinski definition) is 4. The van der Waals surface area contributed by atoms with E-state index >= 15 is 0 Å². The van der Waals surface area contributed by atoms with Crippen LogP contribution in [-0.2, 0) is 4.79 Å². The molecule has 1 saturated heterocycles. The first-order valence-corrected chi connectivity index (χ1v) is 9.24. The standard InChI is InChI=1S/C20H24N2O4/c1-20(16-9-12-6-7-13(16)8-12)18(25)22(19(26)21(20)2)11-17(24)14-4-3-5-15(23)10-14/h3-5,10,12-13,16,23H,6-9,11H2,1-2H3. The van der Waals surface area contributed by atoms with Crippen LogP contribution in [0.3, 0.4) is 0 Å². The van der Waals surface area contributed by atoms with Gasteiger partial charge < -0.3 is 10.0 Å². The van der Waals surface area contributed by atoms with E-state index in [1.165, 1.54) is 23.5 Å². The Morgan fingerprint density at radius 2 is 2.04 bits per heavy atom. The number of phenols is 1. The molecule has 1 aliphatic heterocycles. The van der Waals surface area contributed by atoms with Crippen LogP contribution in [0.5, 0.6) is 5.75 Å². The number of Topliss-reactive ketones (excluding diaryl/α,β-unsaturated/α-hetero) is 1. The lowest BCUT2D eigenvalue weighted by Gasteiger charge is -2.39. The summed E-state index contributed by atoms with van der Waals surface area (Å²) < 4.78 is 0. The van der Waals surface area contributed by atoms with Crippen LogP contribution in [0.2, 0.25) is 0 Å². The molecular weight excluding hydrogens is 332 g/mol. The Hall–Kier alpha value is -2.37. The molecule has 4 rings (SSSR count). The van der Waals surface area contributed by atoms with Crippen molar-refractivity contribution in [2.45, 2.75) is 38.1 Å². The van der Waals surface area contributed by atoms with E-state index in [0.29, 0.717) is 17.4 Å².